The lowest BCUT2D eigenvalue weighted by molar-refractivity contribution is 0.0489. The molecule has 0 saturated carbocycles. The molecule has 0 spiro atoms. The van der Waals surface area contributed by atoms with Crippen LogP contribution in [0.25, 0.3) is 11.0 Å². The van der Waals surface area contributed by atoms with E-state index in [0.29, 0.717) is 30.1 Å². The lowest BCUT2D eigenvalue weighted by Crippen LogP contribution is -2.44. The third kappa shape index (κ3) is 3.74. The molecule has 3 aromatic rings. The summed E-state index contributed by atoms with van der Waals surface area (Å²) in [5.41, 5.74) is 1.23. The smallest absolute Gasteiger partial charge is 0.316 e. The first-order chi connectivity index (χ1) is 13.6. The van der Waals surface area contributed by atoms with Gasteiger partial charge in [-0.2, -0.15) is 0 Å². The third-order valence-corrected chi connectivity index (χ3v) is 4.87. The van der Waals surface area contributed by atoms with Crippen molar-refractivity contribution in [1.82, 2.24) is 14.9 Å². The van der Waals surface area contributed by atoms with Gasteiger partial charge >= 0.3 is 6.01 Å². The lowest BCUT2D eigenvalue weighted by Gasteiger charge is -2.31. The number of nitrogens with zero attached hydrogens (tertiary/aromatic N) is 3. The predicted molar refractivity (Wildman–Crippen MR) is 103 cm³/mol. The minimum Gasteiger partial charge on any atom is -0.458 e. The van der Waals surface area contributed by atoms with Gasteiger partial charge in [-0.05, 0) is 37.0 Å². The molecule has 1 aliphatic rings. The van der Waals surface area contributed by atoms with Gasteiger partial charge in [-0.3, -0.25) is 9.59 Å². The van der Waals surface area contributed by atoms with Crippen molar-refractivity contribution in [2.24, 2.45) is 0 Å². The molecule has 1 aromatic carbocycles. The Kier molecular flexibility index (Phi) is 5.06. The SMILES string of the molecule is CCc1cnc(OC2CCCN(C(=O)c3cc(=O)c4ccccc4o3)C2)nc1. The fraction of sp³-hybridized carbons (Fsp3) is 0.333. The summed E-state index contributed by atoms with van der Waals surface area (Å²) >= 11 is 0. The van der Waals surface area contributed by atoms with Crippen LogP contribution in [0.3, 0.4) is 0 Å². The minimum atomic E-state index is -0.307. The number of benzene rings is 1. The number of likely N-dealkylation sites (tertiary alicyclic amines) is 1. The number of fused-ring (bicyclic) bond motifs is 1. The first kappa shape index (κ1) is 18.2. The zero-order valence-electron chi connectivity index (χ0n) is 15.6. The van der Waals surface area contributed by atoms with Gasteiger partial charge in [0.25, 0.3) is 5.91 Å². The summed E-state index contributed by atoms with van der Waals surface area (Å²) in [7, 11) is 0. The molecule has 0 bridgehead atoms. The molecule has 1 aliphatic heterocycles. The number of aromatic nitrogens is 2. The van der Waals surface area contributed by atoms with Crippen LogP contribution in [0, 0.1) is 0 Å². The van der Waals surface area contributed by atoms with E-state index in [1.54, 1.807) is 41.6 Å². The number of piperidine rings is 1. The Labute approximate surface area is 162 Å². The van der Waals surface area contributed by atoms with Gasteiger partial charge in [0.05, 0.1) is 11.9 Å². The van der Waals surface area contributed by atoms with Gasteiger partial charge in [0.2, 0.25) is 0 Å². The van der Waals surface area contributed by atoms with E-state index in [9.17, 15) is 9.59 Å². The van der Waals surface area contributed by atoms with Gasteiger partial charge in [-0.1, -0.05) is 19.1 Å². The van der Waals surface area contributed by atoms with E-state index in [2.05, 4.69) is 9.97 Å². The van der Waals surface area contributed by atoms with Crippen LogP contribution in [-0.2, 0) is 6.42 Å². The molecular weight excluding hydrogens is 358 g/mol. The van der Waals surface area contributed by atoms with E-state index in [0.717, 1.165) is 24.8 Å². The highest BCUT2D eigenvalue weighted by Crippen LogP contribution is 2.19. The second-order valence-corrected chi connectivity index (χ2v) is 6.83. The summed E-state index contributed by atoms with van der Waals surface area (Å²) in [6, 6.07) is 8.49. The van der Waals surface area contributed by atoms with Crippen molar-refractivity contribution < 1.29 is 13.9 Å². The number of carbonyl (C=O) groups excluding carboxylic acids is 1. The molecule has 1 atom stereocenters. The molecule has 1 unspecified atom stereocenters. The maximum Gasteiger partial charge on any atom is 0.316 e. The maximum atomic E-state index is 12.9. The molecule has 28 heavy (non-hydrogen) atoms. The Hall–Kier alpha value is -3.22. The summed E-state index contributed by atoms with van der Waals surface area (Å²) in [6.45, 7) is 3.02. The lowest BCUT2D eigenvalue weighted by atomic mass is 10.1. The largest absolute Gasteiger partial charge is 0.458 e. The number of carbonyl (C=O) groups is 1. The van der Waals surface area contributed by atoms with Gasteiger partial charge in [0, 0.05) is 25.0 Å². The monoisotopic (exact) mass is 379 g/mol. The zero-order chi connectivity index (χ0) is 19.5. The van der Waals surface area contributed by atoms with Gasteiger partial charge in [-0.25, -0.2) is 9.97 Å². The van der Waals surface area contributed by atoms with Crippen molar-refractivity contribution in [3.63, 3.8) is 0 Å². The van der Waals surface area contributed by atoms with Crippen LogP contribution in [-0.4, -0.2) is 40.0 Å². The Balaban J connectivity index is 1.49. The van der Waals surface area contributed by atoms with Crippen LogP contribution in [0.15, 0.2) is 51.9 Å². The summed E-state index contributed by atoms with van der Waals surface area (Å²) in [4.78, 5) is 35.3. The standard InChI is InChI=1S/C21H21N3O4/c1-2-14-11-22-21(23-12-14)27-15-6-5-9-24(13-15)20(26)19-10-17(25)16-7-3-4-8-18(16)28-19/h3-4,7-8,10-12,15H,2,5-6,9,13H2,1H3. The number of hydrogen-bond acceptors (Lipinski definition) is 6. The average Bonchev–Trinajstić information content (AvgIpc) is 2.74. The van der Waals surface area contributed by atoms with E-state index in [4.69, 9.17) is 9.15 Å². The van der Waals surface area contributed by atoms with E-state index in [1.807, 2.05) is 6.92 Å². The van der Waals surface area contributed by atoms with Gasteiger partial charge < -0.3 is 14.1 Å². The Morgan fingerprint density at radius 3 is 2.86 bits per heavy atom. The first-order valence-corrected chi connectivity index (χ1v) is 9.44. The quantitative estimate of drug-likeness (QED) is 0.693. The fourth-order valence-corrected chi connectivity index (χ4v) is 3.32. The van der Waals surface area contributed by atoms with Crippen LogP contribution in [0.2, 0.25) is 0 Å². The number of hydrogen-bond donors (Lipinski definition) is 0. The molecule has 0 N–H and O–H groups in total. The number of rotatable bonds is 4. The highest BCUT2D eigenvalue weighted by molar-refractivity contribution is 5.93. The van der Waals surface area contributed by atoms with Crippen molar-refractivity contribution in [3.8, 4) is 6.01 Å². The van der Waals surface area contributed by atoms with Gasteiger partial charge in [0.1, 0.15) is 11.7 Å². The van der Waals surface area contributed by atoms with Crippen LogP contribution in [0.5, 0.6) is 6.01 Å². The van der Waals surface area contributed by atoms with Crippen molar-refractivity contribution in [2.75, 3.05) is 13.1 Å². The van der Waals surface area contributed by atoms with E-state index in [-0.39, 0.29) is 23.2 Å². The summed E-state index contributed by atoms with van der Waals surface area (Å²) in [6.07, 6.45) is 5.77. The minimum absolute atomic E-state index is 0.0490. The number of ether oxygens (including phenoxy) is 1. The predicted octanol–water partition coefficient (Wildman–Crippen LogP) is 2.83. The highest BCUT2D eigenvalue weighted by Gasteiger charge is 2.28. The molecule has 1 saturated heterocycles. The molecule has 0 aliphatic carbocycles. The van der Waals surface area contributed by atoms with Crippen molar-refractivity contribution >= 4 is 16.9 Å². The van der Waals surface area contributed by atoms with Crippen LogP contribution in [0.4, 0.5) is 0 Å². The average molecular weight is 379 g/mol. The molecule has 1 fully saturated rings. The Bertz CT molecular complexity index is 1050. The third-order valence-electron chi connectivity index (χ3n) is 4.87. The summed E-state index contributed by atoms with van der Waals surface area (Å²) in [5, 5.41) is 0.464. The molecule has 7 heteroatoms. The maximum absolute atomic E-state index is 12.9. The van der Waals surface area contributed by atoms with Gasteiger partial charge in [-0.15, -0.1) is 0 Å². The first-order valence-electron chi connectivity index (χ1n) is 9.44. The zero-order valence-corrected chi connectivity index (χ0v) is 15.6. The molecule has 7 nitrogen and oxygen atoms in total. The van der Waals surface area contributed by atoms with Crippen LogP contribution < -0.4 is 10.2 Å². The van der Waals surface area contributed by atoms with Crippen LogP contribution >= 0.6 is 0 Å². The summed E-state index contributed by atoms with van der Waals surface area (Å²) < 4.78 is 11.5. The molecule has 144 valence electrons. The van der Waals surface area contributed by atoms with E-state index in [1.165, 1.54) is 6.07 Å². The Morgan fingerprint density at radius 1 is 1.29 bits per heavy atom. The number of para-hydroxylation sites is 1. The summed E-state index contributed by atoms with van der Waals surface area (Å²) in [5.74, 6) is -0.258. The molecule has 3 heterocycles. The molecule has 0 radical (unpaired) electrons. The molecule has 4 rings (SSSR count). The molecule has 2 aromatic heterocycles. The van der Waals surface area contributed by atoms with Crippen molar-refractivity contribution in [3.05, 3.63) is 64.3 Å². The fourth-order valence-electron chi connectivity index (χ4n) is 3.32. The Morgan fingerprint density at radius 2 is 2.07 bits per heavy atom. The second kappa shape index (κ2) is 7.80. The second-order valence-electron chi connectivity index (χ2n) is 6.83. The molecular formula is C21H21N3O4. The number of aryl methyl sites for hydroxylation is 1. The van der Waals surface area contributed by atoms with Crippen molar-refractivity contribution in [1.29, 1.82) is 0 Å². The molecule has 1 amide bonds. The number of amides is 1. The van der Waals surface area contributed by atoms with Gasteiger partial charge in [0.15, 0.2) is 11.2 Å². The van der Waals surface area contributed by atoms with E-state index >= 15 is 0 Å². The topological polar surface area (TPSA) is 85.5 Å². The highest BCUT2D eigenvalue weighted by atomic mass is 16.5. The van der Waals surface area contributed by atoms with Crippen molar-refractivity contribution in [2.45, 2.75) is 32.3 Å². The normalized spacial score (nSPS) is 16.9. The van der Waals surface area contributed by atoms with E-state index < -0.39 is 0 Å². The van der Waals surface area contributed by atoms with Crippen LogP contribution in [0.1, 0.15) is 35.9 Å².